The van der Waals surface area contributed by atoms with Crippen molar-refractivity contribution in [2.24, 2.45) is 20.5 Å². The van der Waals surface area contributed by atoms with E-state index < -0.39 is 20.2 Å². The summed E-state index contributed by atoms with van der Waals surface area (Å²) in [5.41, 5.74) is 4.72. The maximum absolute atomic E-state index is 11.4. The third-order valence-electron chi connectivity index (χ3n) is 7.29. The SMILES string of the molecule is Cc1cc(Nc2nc(Cl)nc(Nc3ccc(N=Nc4nc5cc(S(=O)(=O)O)ccc5s4)c(C)c3)n2)ccc1N=Nc1nc2cc(S(=O)(=O)O)ccc2s1. The minimum Gasteiger partial charge on any atom is -0.324 e. The van der Waals surface area contributed by atoms with E-state index in [0.29, 0.717) is 53.4 Å². The fraction of sp³-hybridized carbons (Fsp3) is 0.0645. The Kier molecular flexibility index (Phi) is 9.63. The summed E-state index contributed by atoms with van der Waals surface area (Å²) < 4.78 is 65.7. The first-order chi connectivity index (χ1) is 25.2. The summed E-state index contributed by atoms with van der Waals surface area (Å²) in [4.78, 5) is 20.9. The zero-order chi connectivity index (χ0) is 37.5. The molecule has 268 valence electrons. The molecule has 4 N–H and O–H groups in total. The summed E-state index contributed by atoms with van der Waals surface area (Å²) in [5.74, 6) is 0.364. The van der Waals surface area contributed by atoms with Crippen LogP contribution in [0.5, 0.6) is 0 Å². The summed E-state index contributed by atoms with van der Waals surface area (Å²) in [5, 5.41) is 23.8. The number of halogens is 1. The van der Waals surface area contributed by atoms with Crippen molar-refractivity contribution >= 4 is 120 Å². The van der Waals surface area contributed by atoms with E-state index in [1.54, 1.807) is 36.4 Å². The molecule has 53 heavy (non-hydrogen) atoms. The molecule has 0 saturated heterocycles. The first-order valence-corrected chi connectivity index (χ1v) is 19.8. The van der Waals surface area contributed by atoms with Gasteiger partial charge >= 0.3 is 0 Å². The summed E-state index contributed by atoms with van der Waals surface area (Å²) in [6.07, 6.45) is 0. The number of hydrogen-bond donors (Lipinski definition) is 4. The highest BCUT2D eigenvalue weighted by molar-refractivity contribution is 7.86. The molecule has 0 unspecified atom stereocenters. The second-order valence-corrected chi connectivity index (χ2v) is 16.3. The van der Waals surface area contributed by atoms with E-state index in [0.717, 1.165) is 11.1 Å². The van der Waals surface area contributed by atoms with Gasteiger partial charge in [-0.3, -0.25) is 9.11 Å². The number of hydrogen-bond acceptors (Lipinski definition) is 17. The summed E-state index contributed by atoms with van der Waals surface area (Å²) in [6, 6.07) is 18.9. The Bertz CT molecular complexity index is 2670. The van der Waals surface area contributed by atoms with E-state index >= 15 is 0 Å². The molecule has 17 nitrogen and oxygen atoms in total. The van der Waals surface area contributed by atoms with Gasteiger partial charge < -0.3 is 10.6 Å². The highest BCUT2D eigenvalue weighted by Gasteiger charge is 2.14. The van der Waals surface area contributed by atoms with E-state index in [1.165, 1.54) is 46.9 Å². The van der Waals surface area contributed by atoms with Gasteiger partial charge in [0.1, 0.15) is 0 Å². The first-order valence-electron chi connectivity index (χ1n) is 14.9. The van der Waals surface area contributed by atoms with Crippen molar-refractivity contribution in [3.05, 3.63) is 89.2 Å². The van der Waals surface area contributed by atoms with Gasteiger partial charge in [-0.1, -0.05) is 22.7 Å². The van der Waals surface area contributed by atoms with E-state index in [-0.39, 0.29) is 27.0 Å². The van der Waals surface area contributed by atoms with Crippen molar-refractivity contribution in [1.29, 1.82) is 0 Å². The van der Waals surface area contributed by atoms with Crippen LogP contribution in [0.4, 0.5) is 44.9 Å². The Morgan fingerprint density at radius 3 is 1.42 bits per heavy atom. The van der Waals surface area contributed by atoms with Crippen LogP contribution in [-0.2, 0) is 20.2 Å². The van der Waals surface area contributed by atoms with Crippen LogP contribution in [0, 0.1) is 13.8 Å². The highest BCUT2D eigenvalue weighted by atomic mass is 35.5. The van der Waals surface area contributed by atoms with Gasteiger partial charge in [0.2, 0.25) is 27.4 Å². The predicted octanol–water partition coefficient (Wildman–Crippen LogP) is 9.17. The molecule has 0 aliphatic heterocycles. The average molecular weight is 808 g/mol. The Labute approximate surface area is 313 Å². The van der Waals surface area contributed by atoms with Crippen molar-refractivity contribution in [3.63, 3.8) is 0 Å². The molecule has 0 spiro atoms. The van der Waals surface area contributed by atoms with E-state index in [2.05, 4.69) is 56.0 Å². The van der Waals surface area contributed by atoms with Gasteiger partial charge in [-0.05, 0) is 109 Å². The Balaban J connectivity index is 1.01. The molecule has 0 amide bonds. The fourth-order valence-electron chi connectivity index (χ4n) is 4.80. The number of fused-ring (bicyclic) bond motifs is 2. The van der Waals surface area contributed by atoms with E-state index in [4.69, 9.17) is 11.6 Å². The zero-order valence-electron chi connectivity index (χ0n) is 27.0. The van der Waals surface area contributed by atoms with Crippen LogP contribution in [0.3, 0.4) is 0 Å². The number of rotatable bonds is 10. The quantitative estimate of drug-likeness (QED) is 0.0744. The lowest BCUT2D eigenvalue weighted by atomic mass is 10.2. The normalized spacial score (nSPS) is 12.4. The molecule has 7 aromatic rings. The lowest BCUT2D eigenvalue weighted by Crippen LogP contribution is -2.04. The van der Waals surface area contributed by atoms with Gasteiger partial charge in [0.15, 0.2) is 0 Å². The Hall–Kier alpha value is -5.42. The number of nitrogens with zero attached hydrogens (tertiary/aromatic N) is 9. The van der Waals surface area contributed by atoms with Gasteiger partial charge in [0.05, 0.1) is 41.6 Å². The fourth-order valence-corrected chi connectivity index (χ4v) is 7.50. The van der Waals surface area contributed by atoms with Crippen LogP contribution in [0.15, 0.2) is 103 Å². The zero-order valence-corrected chi connectivity index (χ0v) is 31.0. The molecule has 22 heteroatoms. The second-order valence-electron chi connectivity index (χ2n) is 11.1. The maximum Gasteiger partial charge on any atom is 0.294 e. The Morgan fingerprint density at radius 2 is 1.02 bits per heavy atom. The molecule has 3 aromatic heterocycles. The van der Waals surface area contributed by atoms with Crippen molar-refractivity contribution in [1.82, 2.24) is 24.9 Å². The number of aryl methyl sites for hydroxylation is 2. The lowest BCUT2D eigenvalue weighted by Gasteiger charge is -2.10. The number of thiazole rings is 2. The molecule has 0 radical (unpaired) electrons. The molecule has 0 atom stereocenters. The predicted molar refractivity (Wildman–Crippen MR) is 201 cm³/mol. The maximum atomic E-state index is 11.4. The topological polar surface area (TPSA) is 247 Å². The van der Waals surface area contributed by atoms with Crippen molar-refractivity contribution < 1.29 is 25.9 Å². The minimum absolute atomic E-state index is 0.0478. The molecular weight excluding hydrogens is 786 g/mol. The third kappa shape index (κ3) is 8.46. The molecular formula is C31H22ClN11O6S4. The third-order valence-corrected chi connectivity index (χ3v) is 11.0. The molecule has 0 fully saturated rings. The van der Waals surface area contributed by atoms with Crippen LogP contribution in [0.25, 0.3) is 20.4 Å². The molecule has 7 rings (SSSR count). The average Bonchev–Trinajstić information content (AvgIpc) is 3.69. The molecule has 3 heterocycles. The number of aromatic nitrogens is 5. The Morgan fingerprint density at radius 1 is 0.585 bits per heavy atom. The number of azo groups is 2. The van der Waals surface area contributed by atoms with Crippen LogP contribution >= 0.6 is 34.3 Å². The lowest BCUT2D eigenvalue weighted by molar-refractivity contribution is 0.481. The number of nitrogens with one attached hydrogen (secondary N) is 2. The molecule has 0 bridgehead atoms. The largest absolute Gasteiger partial charge is 0.324 e. The first kappa shape index (κ1) is 36.0. The highest BCUT2D eigenvalue weighted by Crippen LogP contribution is 2.34. The monoisotopic (exact) mass is 807 g/mol. The van der Waals surface area contributed by atoms with Gasteiger partial charge in [-0.15, -0.1) is 20.5 Å². The van der Waals surface area contributed by atoms with Gasteiger partial charge in [-0.25, -0.2) is 9.97 Å². The van der Waals surface area contributed by atoms with Gasteiger partial charge in [0, 0.05) is 11.4 Å². The van der Waals surface area contributed by atoms with Gasteiger partial charge in [-0.2, -0.15) is 31.8 Å². The molecule has 0 aliphatic carbocycles. The molecule has 0 aliphatic rings. The number of benzene rings is 4. The standard InChI is InChI=1S/C31H22ClN11O6S4/c1-15-11-17(3-7-21(15)40-42-30-35-23-13-19(52(44,45)46)5-9-25(23)50-30)33-28-37-27(32)38-29(39-28)34-18-4-8-22(16(2)12-18)41-43-31-36-24-14-20(53(47,48)49)6-10-26(24)51-31/h3-14H,1-2H3,(H,44,45,46)(H,47,48,49)(H2,33,34,37,38,39). The number of anilines is 4. The van der Waals surface area contributed by atoms with Crippen LogP contribution in [-0.4, -0.2) is 50.9 Å². The summed E-state index contributed by atoms with van der Waals surface area (Å²) in [7, 11) is -8.70. The molecule has 0 saturated carbocycles. The summed E-state index contributed by atoms with van der Waals surface area (Å²) >= 11 is 8.67. The summed E-state index contributed by atoms with van der Waals surface area (Å²) in [6.45, 7) is 3.69. The van der Waals surface area contributed by atoms with Crippen molar-refractivity contribution in [2.75, 3.05) is 10.6 Å². The van der Waals surface area contributed by atoms with Gasteiger partial charge in [0.25, 0.3) is 20.2 Å². The van der Waals surface area contributed by atoms with E-state index in [9.17, 15) is 25.9 Å². The van der Waals surface area contributed by atoms with Crippen LogP contribution in [0.1, 0.15) is 11.1 Å². The van der Waals surface area contributed by atoms with Crippen molar-refractivity contribution in [2.45, 2.75) is 23.6 Å². The van der Waals surface area contributed by atoms with Crippen molar-refractivity contribution in [3.8, 4) is 0 Å². The smallest absolute Gasteiger partial charge is 0.294 e. The second kappa shape index (κ2) is 14.2. The van der Waals surface area contributed by atoms with Crippen LogP contribution < -0.4 is 10.6 Å². The van der Waals surface area contributed by atoms with E-state index in [1.807, 2.05) is 26.0 Å². The molecule has 4 aromatic carbocycles. The minimum atomic E-state index is -4.35. The van der Waals surface area contributed by atoms with Crippen LogP contribution in [0.2, 0.25) is 5.28 Å².